The molecule has 0 aliphatic carbocycles. The predicted octanol–water partition coefficient (Wildman–Crippen LogP) is -1.20. The number of carboxylic acid groups (broad SMARTS) is 1. The largest absolute Gasteiger partial charge is 0.480 e. The molecule has 0 aliphatic rings. The van der Waals surface area contributed by atoms with Crippen LogP contribution in [0.3, 0.4) is 0 Å². The highest BCUT2D eigenvalue weighted by Gasteiger charge is 2.13. The van der Waals surface area contributed by atoms with E-state index in [2.05, 4.69) is 0 Å². The zero-order valence-electron chi connectivity index (χ0n) is 4.74. The third-order valence-electron chi connectivity index (χ3n) is 0.872. The average molecular weight is 135 g/mol. The number of aliphatic hydroxyl groups excluding tert-OH is 1. The van der Waals surface area contributed by atoms with E-state index < -0.39 is 12.0 Å². The summed E-state index contributed by atoms with van der Waals surface area (Å²) < 4.78 is 0. The van der Waals surface area contributed by atoms with Gasteiger partial charge in [0, 0.05) is 6.61 Å². The van der Waals surface area contributed by atoms with Crippen molar-refractivity contribution in [3.05, 3.63) is 0 Å². The van der Waals surface area contributed by atoms with Gasteiger partial charge < -0.3 is 15.4 Å². The first-order valence-corrected chi connectivity index (χ1v) is 2.45. The minimum atomic E-state index is -1.17. The number of aliphatic carboxylic acids is 1. The van der Waals surface area contributed by atoms with Gasteiger partial charge in [-0.2, -0.15) is 5.48 Å². The van der Waals surface area contributed by atoms with Crippen molar-refractivity contribution in [3.8, 4) is 0 Å². The van der Waals surface area contributed by atoms with Crippen molar-refractivity contribution in [2.24, 2.45) is 0 Å². The molecular formula is C4H9NO4. The van der Waals surface area contributed by atoms with Crippen molar-refractivity contribution in [2.45, 2.75) is 12.5 Å². The summed E-state index contributed by atoms with van der Waals surface area (Å²) in [7, 11) is 0. The second-order valence-electron chi connectivity index (χ2n) is 1.53. The summed E-state index contributed by atoms with van der Waals surface area (Å²) in [6.45, 7) is -0.259. The highest BCUT2D eigenvalue weighted by molar-refractivity contribution is 5.73. The van der Waals surface area contributed by atoms with E-state index in [-0.39, 0.29) is 13.0 Å². The lowest BCUT2D eigenvalue weighted by Crippen LogP contribution is -2.34. The lowest BCUT2D eigenvalue weighted by Gasteiger charge is -2.05. The summed E-state index contributed by atoms with van der Waals surface area (Å²) in [4.78, 5) is 9.99. The predicted molar refractivity (Wildman–Crippen MR) is 28.0 cm³/mol. The van der Waals surface area contributed by atoms with Gasteiger partial charge in [-0.3, -0.25) is 4.79 Å². The molecule has 0 aromatic heterocycles. The Morgan fingerprint density at radius 3 is 2.33 bits per heavy atom. The molecule has 4 N–H and O–H groups in total. The molecule has 0 fully saturated rings. The molecule has 5 nitrogen and oxygen atoms in total. The fourth-order valence-corrected chi connectivity index (χ4v) is 0.372. The molecule has 0 heterocycles. The van der Waals surface area contributed by atoms with Crippen LogP contribution in [0.25, 0.3) is 0 Å². The number of carbonyl (C=O) groups is 1. The molecule has 0 aromatic rings. The van der Waals surface area contributed by atoms with Crippen LogP contribution in [0.5, 0.6) is 0 Å². The minimum Gasteiger partial charge on any atom is -0.480 e. The van der Waals surface area contributed by atoms with E-state index in [1.807, 2.05) is 0 Å². The molecule has 0 rings (SSSR count). The maximum atomic E-state index is 9.99. The van der Waals surface area contributed by atoms with Gasteiger partial charge in [0.15, 0.2) is 0 Å². The van der Waals surface area contributed by atoms with Gasteiger partial charge in [-0.25, -0.2) is 0 Å². The number of rotatable bonds is 4. The van der Waals surface area contributed by atoms with Crippen molar-refractivity contribution in [1.29, 1.82) is 0 Å². The maximum Gasteiger partial charge on any atom is 0.323 e. The van der Waals surface area contributed by atoms with Gasteiger partial charge in [0.1, 0.15) is 6.04 Å². The molecule has 0 aromatic carbocycles. The van der Waals surface area contributed by atoms with Crippen LogP contribution in [0.15, 0.2) is 0 Å². The van der Waals surface area contributed by atoms with E-state index in [0.717, 1.165) is 0 Å². The monoisotopic (exact) mass is 135 g/mol. The van der Waals surface area contributed by atoms with Crippen molar-refractivity contribution in [1.82, 2.24) is 5.48 Å². The number of hydrogen-bond acceptors (Lipinski definition) is 4. The van der Waals surface area contributed by atoms with Crippen LogP contribution in [0.1, 0.15) is 6.42 Å². The van der Waals surface area contributed by atoms with E-state index in [0.29, 0.717) is 0 Å². The third kappa shape index (κ3) is 3.02. The maximum absolute atomic E-state index is 9.99. The Morgan fingerprint density at radius 2 is 2.22 bits per heavy atom. The fraction of sp³-hybridized carbons (Fsp3) is 0.750. The van der Waals surface area contributed by atoms with E-state index >= 15 is 0 Å². The van der Waals surface area contributed by atoms with Gasteiger partial charge in [-0.1, -0.05) is 0 Å². The second-order valence-corrected chi connectivity index (χ2v) is 1.53. The highest BCUT2D eigenvalue weighted by atomic mass is 16.5. The van der Waals surface area contributed by atoms with Gasteiger partial charge in [0.05, 0.1) is 0 Å². The Kier molecular flexibility index (Phi) is 3.94. The van der Waals surface area contributed by atoms with Crippen molar-refractivity contribution < 1.29 is 20.2 Å². The topological polar surface area (TPSA) is 89.8 Å². The first-order valence-electron chi connectivity index (χ1n) is 2.45. The van der Waals surface area contributed by atoms with Gasteiger partial charge >= 0.3 is 5.97 Å². The first-order chi connectivity index (χ1) is 4.22. The van der Waals surface area contributed by atoms with Crippen molar-refractivity contribution >= 4 is 5.97 Å². The smallest absolute Gasteiger partial charge is 0.323 e. The van der Waals surface area contributed by atoms with Crippen LogP contribution in [0.4, 0.5) is 0 Å². The van der Waals surface area contributed by atoms with Crippen molar-refractivity contribution in [3.63, 3.8) is 0 Å². The summed E-state index contributed by atoms with van der Waals surface area (Å²) in [5, 5.41) is 24.5. The molecule has 0 spiro atoms. The van der Waals surface area contributed by atoms with Gasteiger partial charge in [0.25, 0.3) is 0 Å². The number of nitrogens with one attached hydrogen (secondary N) is 1. The lowest BCUT2D eigenvalue weighted by molar-refractivity contribution is -0.142. The van der Waals surface area contributed by atoms with Gasteiger partial charge in [-0.05, 0) is 6.42 Å². The van der Waals surface area contributed by atoms with E-state index in [1.165, 1.54) is 0 Å². The zero-order valence-corrected chi connectivity index (χ0v) is 4.74. The molecule has 0 aliphatic heterocycles. The van der Waals surface area contributed by atoms with Crippen molar-refractivity contribution in [2.75, 3.05) is 6.61 Å². The molecule has 0 saturated carbocycles. The molecule has 9 heavy (non-hydrogen) atoms. The standard InChI is InChI=1S/C4H9NO4/c6-2-1-3(5-9)4(7)8/h3,5-6,9H,1-2H2,(H,7,8)/t3-/m0/s1. The molecule has 0 saturated heterocycles. The zero-order chi connectivity index (χ0) is 7.28. The summed E-state index contributed by atoms with van der Waals surface area (Å²) in [6, 6.07) is -1.06. The van der Waals surface area contributed by atoms with Crippen LogP contribution in [0, 0.1) is 0 Å². The third-order valence-corrected chi connectivity index (χ3v) is 0.872. The van der Waals surface area contributed by atoms with E-state index in [1.54, 1.807) is 5.48 Å². The average Bonchev–Trinajstić information content (AvgIpc) is 1.82. The number of carboxylic acids is 1. The molecule has 0 amide bonds. The molecule has 0 unspecified atom stereocenters. The summed E-state index contributed by atoms with van der Waals surface area (Å²) in [5.74, 6) is -1.17. The van der Waals surface area contributed by atoms with E-state index in [4.69, 9.17) is 15.4 Å². The van der Waals surface area contributed by atoms with Gasteiger partial charge in [-0.15, -0.1) is 0 Å². The normalized spacial score (nSPS) is 13.1. The Balaban J connectivity index is 3.54. The Labute approximate surface area is 51.9 Å². The number of aliphatic hydroxyl groups is 1. The highest BCUT2D eigenvalue weighted by Crippen LogP contribution is 1.87. The fourth-order valence-electron chi connectivity index (χ4n) is 0.372. The SMILES string of the molecule is O=C(O)[C@H](CCO)NO. The quantitative estimate of drug-likeness (QED) is 0.363. The Morgan fingerprint density at radius 1 is 1.67 bits per heavy atom. The first kappa shape index (κ1) is 8.35. The Hall–Kier alpha value is -0.650. The Bertz CT molecular complexity index is 94.6. The van der Waals surface area contributed by atoms with Crippen LogP contribution < -0.4 is 5.48 Å². The van der Waals surface area contributed by atoms with Crippen LogP contribution in [0.2, 0.25) is 0 Å². The lowest BCUT2D eigenvalue weighted by atomic mass is 10.2. The molecule has 1 atom stereocenters. The molecule has 0 bridgehead atoms. The summed E-state index contributed by atoms with van der Waals surface area (Å²) in [5.41, 5.74) is 1.54. The van der Waals surface area contributed by atoms with E-state index in [9.17, 15) is 4.79 Å². The minimum absolute atomic E-state index is 0.00579. The number of hydrogen-bond donors (Lipinski definition) is 4. The molecule has 5 heteroatoms. The molecule has 54 valence electrons. The van der Waals surface area contributed by atoms with Crippen LogP contribution in [-0.2, 0) is 4.79 Å². The summed E-state index contributed by atoms with van der Waals surface area (Å²) >= 11 is 0. The summed E-state index contributed by atoms with van der Waals surface area (Å²) in [6.07, 6.45) is 0.00579. The van der Waals surface area contributed by atoms with Crippen LogP contribution >= 0.6 is 0 Å². The number of hydroxylamine groups is 1. The second kappa shape index (κ2) is 4.25. The molecule has 0 radical (unpaired) electrons. The van der Waals surface area contributed by atoms with Gasteiger partial charge in [0.2, 0.25) is 0 Å². The molecular weight excluding hydrogens is 126 g/mol. The van der Waals surface area contributed by atoms with Crippen LogP contribution in [-0.4, -0.2) is 34.0 Å².